The minimum atomic E-state index is 0.0600. The number of nitrogens with two attached hydrogens (primary N) is 1. The summed E-state index contributed by atoms with van der Waals surface area (Å²) >= 11 is 3.42. The average molecular weight is 285 g/mol. The Balaban J connectivity index is 2.47. The molecule has 0 aliphatic heterocycles. The van der Waals surface area contributed by atoms with Gasteiger partial charge in [0.1, 0.15) is 0 Å². The van der Waals surface area contributed by atoms with Crippen molar-refractivity contribution >= 4 is 21.8 Å². The van der Waals surface area contributed by atoms with Gasteiger partial charge in [-0.2, -0.15) is 0 Å². The number of halogens is 1. The van der Waals surface area contributed by atoms with Crippen molar-refractivity contribution in [3.05, 3.63) is 33.8 Å². The number of rotatable bonds is 5. The fraction of sp³-hybridized carbons (Fsp3) is 0.417. The van der Waals surface area contributed by atoms with E-state index in [2.05, 4.69) is 21.2 Å². The van der Waals surface area contributed by atoms with Crippen LogP contribution in [0.1, 0.15) is 24.0 Å². The van der Waals surface area contributed by atoms with Crippen molar-refractivity contribution in [3.8, 4) is 0 Å². The van der Waals surface area contributed by atoms with E-state index in [0.29, 0.717) is 19.5 Å². The summed E-state index contributed by atoms with van der Waals surface area (Å²) in [7, 11) is 0. The molecule has 0 unspecified atom stereocenters. The van der Waals surface area contributed by atoms with Gasteiger partial charge in [-0.25, -0.2) is 0 Å². The molecule has 1 aromatic rings. The van der Waals surface area contributed by atoms with Crippen LogP contribution in [0, 0.1) is 6.92 Å². The lowest BCUT2D eigenvalue weighted by molar-refractivity contribution is -0.121. The summed E-state index contributed by atoms with van der Waals surface area (Å²) in [4.78, 5) is 11.4. The summed E-state index contributed by atoms with van der Waals surface area (Å²) in [5.74, 6) is 0.0600. The molecule has 1 rings (SSSR count). The SMILES string of the molecule is Cc1ccc(Br)cc1CNC(=O)CCCN. The van der Waals surface area contributed by atoms with Crippen LogP contribution in [0.15, 0.2) is 22.7 Å². The Morgan fingerprint density at radius 1 is 1.50 bits per heavy atom. The Hall–Kier alpha value is -0.870. The van der Waals surface area contributed by atoms with Crippen molar-refractivity contribution in [1.82, 2.24) is 5.32 Å². The van der Waals surface area contributed by atoms with E-state index in [9.17, 15) is 4.79 Å². The molecule has 0 atom stereocenters. The number of benzene rings is 1. The Kier molecular flexibility index (Phi) is 5.49. The van der Waals surface area contributed by atoms with E-state index >= 15 is 0 Å². The van der Waals surface area contributed by atoms with Gasteiger partial charge < -0.3 is 11.1 Å². The van der Waals surface area contributed by atoms with Gasteiger partial charge in [0, 0.05) is 17.4 Å². The quantitative estimate of drug-likeness (QED) is 0.870. The van der Waals surface area contributed by atoms with Crippen LogP contribution in [-0.4, -0.2) is 12.5 Å². The van der Waals surface area contributed by atoms with Gasteiger partial charge in [-0.1, -0.05) is 22.0 Å². The average Bonchev–Trinajstić information content (AvgIpc) is 2.27. The highest BCUT2D eigenvalue weighted by Gasteiger charge is 2.03. The van der Waals surface area contributed by atoms with E-state index in [-0.39, 0.29) is 5.91 Å². The zero-order chi connectivity index (χ0) is 12.0. The van der Waals surface area contributed by atoms with Gasteiger partial charge >= 0.3 is 0 Å². The lowest BCUT2D eigenvalue weighted by Gasteiger charge is -2.08. The second kappa shape index (κ2) is 6.66. The molecular formula is C12H17BrN2O. The van der Waals surface area contributed by atoms with Crippen LogP contribution in [-0.2, 0) is 11.3 Å². The maximum atomic E-state index is 11.4. The summed E-state index contributed by atoms with van der Waals surface area (Å²) < 4.78 is 1.03. The number of carbonyl (C=O) groups is 1. The third-order valence-corrected chi connectivity index (χ3v) is 2.89. The van der Waals surface area contributed by atoms with Crippen molar-refractivity contribution in [1.29, 1.82) is 0 Å². The fourth-order valence-electron chi connectivity index (χ4n) is 1.38. The molecule has 0 saturated carbocycles. The molecule has 0 aliphatic carbocycles. The molecule has 0 bridgehead atoms. The third-order valence-electron chi connectivity index (χ3n) is 2.40. The van der Waals surface area contributed by atoms with Crippen molar-refractivity contribution in [2.24, 2.45) is 5.73 Å². The molecule has 0 saturated heterocycles. The molecule has 0 fully saturated rings. The minimum Gasteiger partial charge on any atom is -0.352 e. The second-order valence-corrected chi connectivity index (χ2v) is 4.66. The predicted molar refractivity (Wildman–Crippen MR) is 69.0 cm³/mol. The van der Waals surface area contributed by atoms with Crippen molar-refractivity contribution in [3.63, 3.8) is 0 Å². The first kappa shape index (κ1) is 13.2. The molecule has 0 aliphatic rings. The number of hydrogen-bond donors (Lipinski definition) is 2. The van der Waals surface area contributed by atoms with Crippen molar-refractivity contribution in [2.45, 2.75) is 26.3 Å². The molecule has 3 nitrogen and oxygen atoms in total. The molecule has 0 spiro atoms. The molecule has 1 aromatic carbocycles. The van der Waals surface area contributed by atoms with Gasteiger partial charge in [0.05, 0.1) is 0 Å². The van der Waals surface area contributed by atoms with Crippen LogP contribution < -0.4 is 11.1 Å². The Bertz CT molecular complexity index is 366. The summed E-state index contributed by atoms with van der Waals surface area (Å²) in [6.45, 7) is 3.17. The minimum absolute atomic E-state index is 0.0600. The van der Waals surface area contributed by atoms with Gasteiger partial charge in [-0.15, -0.1) is 0 Å². The summed E-state index contributed by atoms with van der Waals surface area (Å²) in [5.41, 5.74) is 7.66. The van der Waals surface area contributed by atoms with E-state index in [1.165, 1.54) is 5.56 Å². The smallest absolute Gasteiger partial charge is 0.220 e. The number of nitrogens with one attached hydrogen (secondary N) is 1. The first-order valence-electron chi connectivity index (χ1n) is 5.35. The van der Waals surface area contributed by atoms with E-state index < -0.39 is 0 Å². The molecule has 4 heteroatoms. The molecule has 0 heterocycles. The number of amides is 1. The Morgan fingerprint density at radius 2 is 2.25 bits per heavy atom. The normalized spacial score (nSPS) is 10.2. The van der Waals surface area contributed by atoms with E-state index in [1.807, 2.05) is 25.1 Å². The van der Waals surface area contributed by atoms with Gasteiger partial charge in [0.25, 0.3) is 0 Å². The molecule has 0 aromatic heterocycles. The Morgan fingerprint density at radius 3 is 2.94 bits per heavy atom. The molecule has 3 N–H and O–H groups in total. The van der Waals surface area contributed by atoms with E-state index in [1.54, 1.807) is 0 Å². The lowest BCUT2D eigenvalue weighted by Crippen LogP contribution is -2.23. The highest BCUT2D eigenvalue weighted by atomic mass is 79.9. The van der Waals surface area contributed by atoms with Gasteiger partial charge in [0.15, 0.2) is 0 Å². The first-order chi connectivity index (χ1) is 7.63. The van der Waals surface area contributed by atoms with Gasteiger partial charge in [-0.3, -0.25) is 4.79 Å². The number of hydrogen-bond acceptors (Lipinski definition) is 2. The fourth-order valence-corrected chi connectivity index (χ4v) is 1.78. The maximum Gasteiger partial charge on any atom is 0.220 e. The van der Waals surface area contributed by atoms with Crippen LogP contribution in [0.2, 0.25) is 0 Å². The molecule has 16 heavy (non-hydrogen) atoms. The third kappa shape index (κ3) is 4.33. The summed E-state index contributed by atoms with van der Waals surface area (Å²) in [6.07, 6.45) is 1.24. The van der Waals surface area contributed by atoms with Crippen LogP contribution in [0.25, 0.3) is 0 Å². The molecule has 0 radical (unpaired) electrons. The van der Waals surface area contributed by atoms with Crippen molar-refractivity contribution in [2.75, 3.05) is 6.54 Å². The predicted octanol–water partition coefficient (Wildman–Crippen LogP) is 2.11. The number of aryl methyl sites for hydroxylation is 1. The molecular weight excluding hydrogens is 268 g/mol. The zero-order valence-corrected chi connectivity index (χ0v) is 11.0. The molecule has 1 amide bonds. The number of carbonyl (C=O) groups excluding carboxylic acids is 1. The van der Waals surface area contributed by atoms with Gasteiger partial charge in [0.2, 0.25) is 5.91 Å². The van der Waals surface area contributed by atoms with Crippen molar-refractivity contribution < 1.29 is 4.79 Å². The van der Waals surface area contributed by atoms with Gasteiger partial charge in [-0.05, 0) is 43.1 Å². The summed E-state index contributed by atoms with van der Waals surface area (Å²) in [5, 5.41) is 2.89. The second-order valence-electron chi connectivity index (χ2n) is 3.74. The van der Waals surface area contributed by atoms with Crippen LogP contribution in [0.3, 0.4) is 0 Å². The standard InChI is InChI=1S/C12H17BrN2O/c1-9-4-5-11(13)7-10(9)8-15-12(16)3-2-6-14/h4-5,7H,2-3,6,8,14H2,1H3,(H,15,16). The monoisotopic (exact) mass is 284 g/mol. The van der Waals surface area contributed by atoms with Crippen LogP contribution in [0.5, 0.6) is 0 Å². The lowest BCUT2D eigenvalue weighted by atomic mass is 10.1. The highest BCUT2D eigenvalue weighted by molar-refractivity contribution is 9.10. The highest BCUT2D eigenvalue weighted by Crippen LogP contribution is 2.15. The van der Waals surface area contributed by atoms with Crippen LogP contribution >= 0.6 is 15.9 Å². The maximum absolute atomic E-state index is 11.4. The Labute approximate surface area is 105 Å². The topological polar surface area (TPSA) is 55.1 Å². The van der Waals surface area contributed by atoms with Crippen LogP contribution in [0.4, 0.5) is 0 Å². The first-order valence-corrected chi connectivity index (χ1v) is 6.14. The summed E-state index contributed by atoms with van der Waals surface area (Å²) in [6, 6.07) is 6.05. The zero-order valence-electron chi connectivity index (χ0n) is 9.42. The van der Waals surface area contributed by atoms with E-state index in [0.717, 1.165) is 16.5 Å². The largest absolute Gasteiger partial charge is 0.352 e. The van der Waals surface area contributed by atoms with E-state index in [4.69, 9.17) is 5.73 Å². The molecule has 88 valence electrons.